The molecule has 2 aromatic rings. The molecule has 2 aromatic carbocycles. The number of hydrogen-bond acceptors (Lipinski definition) is 2. The highest BCUT2D eigenvalue weighted by molar-refractivity contribution is 9.10. The average molecular weight is 398 g/mol. The van der Waals surface area contributed by atoms with Crippen molar-refractivity contribution >= 4 is 39.1 Å². The third-order valence-corrected chi connectivity index (χ3v) is 4.74. The van der Waals surface area contributed by atoms with Gasteiger partial charge in [-0.25, -0.2) is 4.39 Å². The number of rotatable bonds is 2. The molecule has 0 aromatic heterocycles. The minimum Gasteiger partial charge on any atom is -0.366 e. The molecule has 1 fully saturated rings. The van der Waals surface area contributed by atoms with E-state index in [0.717, 1.165) is 4.47 Å². The number of anilines is 1. The van der Waals surface area contributed by atoms with E-state index in [1.807, 2.05) is 11.0 Å². The molecule has 3 nitrogen and oxygen atoms in total. The van der Waals surface area contributed by atoms with E-state index in [0.29, 0.717) is 42.5 Å². The van der Waals surface area contributed by atoms with Gasteiger partial charge in [-0.15, -0.1) is 0 Å². The lowest BCUT2D eigenvalue weighted by molar-refractivity contribution is 0.0747. The van der Waals surface area contributed by atoms with Crippen molar-refractivity contribution in [2.45, 2.75) is 0 Å². The quantitative estimate of drug-likeness (QED) is 0.758. The molecule has 1 amide bonds. The lowest BCUT2D eigenvalue weighted by atomic mass is 10.1. The van der Waals surface area contributed by atoms with Crippen LogP contribution in [0.4, 0.5) is 10.1 Å². The summed E-state index contributed by atoms with van der Waals surface area (Å²) in [4.78, 5) is 16.3. The van der Waals surface area contributed by atoms with Gasteiger partial charge in [0.25, 0.3) is 5.91 Å². The van der Waals surface area contributed by atoms with E-state index in [1.54, 1.807) is 35.2 Å². The van der Waals surface area contributed by atoms with Crippen LogP contribution in [-0.4, -0.2) is 37.0 Å². The first kappa shape index (κ1) is 16.3. The summed E-state index contributed by atoms with van der Waals surface area (Å²) in [5, 5.41) is 0.440. The molecule has 3 rings (SSSR count). The predicted octanol–water partition coefficient (Wildman–Crippen LogP) is 4.20. The zero-order valence-corrected chi connectivity index (χ0v) is 14.6. The number of piperazine rings is 1. The molecule has 1 aliphatic heterocycles. The fraction of sp³-hybridized carbons (Fsp3) is 0.235. The molecule has 0 aliphatic carbocycles. The second-order valence-electron chi connectivity index (χ2n) is 5.35. The number of carbonyl (C=O) groups is 1. The van der Waals surface area contributed by atoms with Crippen LogP contribution in [0.3, 0.4) is 0 Å². The largest absolute Gasteiger partial charge is 0.366 e. The third-order valence-electron chi connectivity index (χ3n) is 3.92. The van der Waals surface area contributed by atoms with Crippen LogP contribution in [-0.2, 0) is 0 Å². The van der Waals surface area contributed by atoms with E-state index < -0.39 is 0 Å². The Kier molecular flexibility index (Phi) is 4.87. The van der Waals surface area contributed by atoms with E-state index in [4.69, 9.17) is 11.6 Å². The fourth-order valence-corrected chi connectivity index (χ4v) is 3.25. The third kappa shape index (κ3) is 3.51. The number of halogens is 3. The van der Waals surface area contributed by atoms with Gasteiger partial charge in [0.15, 0.2) is 0 Å². The molecule has 0 N–H and O–H groups in total. The Hall–Kier alpha value is -1.59. The van der Waals surface area contributed by atoms with Crippen LogP contribution >= 0.6 is 27.5 Å². The number of benzene rings is 2. The predicted molar refractivity (Wildman–Crippen MR) is 93.7 cm³/mol. The Morgan fingerprint density at radius 1 is 1.09 bits per heavy atom. The van der Waals surface area contributed by atoms with Crippen LogP contribution in [0.5, 0.6) is 0 Å². The van der Waals surface area contributed by atoms with Gasteiger partial charge in [-0.3, -0.25) is 4.79 Å². The summed E-state index contributed by atoms with van der Waals surface area (Å²) in [5.74, 6) is -0.327. The van der Waals surface area contributed by atoms with Crippen LogP contribution in [0.15, 0.2) is 46.9 Å². The Morgan fingerprint density at radius 3 is 2.48 bits per heavy atom. The van der Waals surface area contributed by atoms with Gasteiger partial charge in [0.05, 0.1) is 16.3 Å². The van der Waals surface area contributed by atoms with Gasteiger partial charge in [0.2, 0.25) is 0 Å². The van der Waals surface area contributed by atoms with Gasteiger partial charge in [0.1, 0.15) is 5.82 Å². The van der Waals surface area contributed by atoms with Crippen LogP contribution in [0, 0.1) is 5.82 Å². The number of para-hydroxylation sites is 1. The van der Waals surface area contributed by atoms with Gasteiger partial charge in [-0.1, -0.05) is 39.7 Å². The van der Waals surface area contributed by atoms with Crippen molar-refractivity contribution in [2.75, 3.05) is 31.1 Å². The lowest BCUT2D eigenvalue weighted by Gasteiger charge is -2.36. The van der Waals surface area contributed by atoms with Crippen LogP contribution in [0.25, 0.3) is 0 Å². The standard InChI is InChI=1S/C17H15BrClFN2O/c18-12-5-6-14(19)13(11-12)17(23)22-9-7-21(8-10-22)16-4-2-1-3-15(16)20/h1-6,11H,7-10H2. The molecule has 1 aliphatic rings. The average Bonchev–Trinajstić information content (AvgIpc) is 2.57. The Labute approximate surface area is 147 Å². The van der Waals surface area contributed by atoms with Crippen molar-refractivity contribution in [3.63, 3.8) is 0 Å². The maximum absolute atomic E-state index is 13.8. The molecule has 1 saturated heterocycles. The molecule has 23 heavy (non-hydrogen) atoms. The second kappa shape index (κ2) is 6.89. The summed E-state index contributed by atoms with van der Waals surface area (Å²) in [6.45, 7) is 2.27. The molecule has 0 bridgehead atoms. The fourth-order valence-electron chi connectivity index (χ4n) is 2.69. The molecule has 0 atom stereocenters. The van der Waals surface area contributed by atoms with E-state index in [2.05, 4.69) is 15.9 Å². The molecular formula is C17H15BrClFN2O. The molecule has 0 radical (unpaired) electrons. The topological polar surface area (TPSA) is 23.6 Å². The highest BCUT2D eigenvalue weighted by atomic mass is 79.9. The van der Waals surface area contributed by atoms with Gasteiger partial charge in [-0.05, 0) is 30.3 Å². The van der Waals surface area contributed by atoms with E-state index in [-0.39, 0.29) is 11.7 Å². The van der Waals surface area contributed by atoms with Gasteiger partial charge < -0.3 is 9.80 Å². The summed E-state index contributed by atoms with van der Waals surface area (Å²) in [6.07, 6.45) is 0. The van der Waals surface area contributed by atoms with Gasteiger partial charge >= 0.3 is 0 Å². The Bertz CT molecular complexity index is 732. The zero-order valence-electron chi connectivity index (χ0n) is 12.3. The first-order valence-corrected chi connectivity index (χ1v) is 8.47. The highest BCUT2D eigenvalue weighted by Gasteiger charge is 2.24. The normalized spacial score (nSPS) is 14.9. The Balaban J connectivity index is 1.70. The molecular weight excluding hydrogens is 383 g/mol. The van der Waals surface area contributed by atoms with Crippen LogP contribution in [0.2, 0.25) is 5.02 Å². The molecule has 120 valence electrons. The minimum atomic E-state index is -0.234. The SMILES string of the molecule is O=C(c1cc(Br)ccc1Cl)N1CCN(c2ccccc2F)CC1. The number of carbonyl (C=O) groups excluding carboxylic acids is 1. The van der Waals surface area contributed by atoms with Crippen molar-refractivity contribution in [3.8, 4) is 0 Å². The summed E-state index contributed by atoms with van der Waals surface area (Å²) in [6, 6.07) is 11.9. The van der Waals surface area contributed by atoms with Crippen molar-refractivity contribution < 1.29 is 9.18 Å². The Morgan fingerprint density at radius 2 is 1.78 bits per heavy atom. The maximum Gasteiger partial charge on any atom is 0.255 e. The van der Waals surface area contributed by atoms with Crippen LogP contribution < -0.4 is 4.90 Å². The molecule has 6 heteroatoms. The van der Waals surface area contributed by atoms with Crippen molar-refractivity contribution in [2.24, 2.45) is 0 Å². The second-order valence-corrected chi connectivity index (χ2v) is 6.68. The summed E-state index contributed by atoms with van der Waals surface area (Å²) >= 11 is 9.48. The molecule has 0 unspecified atom stereocenters. The van der Waals surface area contributed by atoms with Crippen molar-refractivity contribution in [3.05, 3.63) is 63.3 Å². The summed E-state index contributed by atoms with van der Waals surface area (Å²) in [5.41, 5.74) is 1.07. The zero-order chi connectivity index (χ0) is 16.4. The minimum absolute atomic E-state index is 0.0931. The molecule has 0 saturated carbocycles. The first-order chi connectivity index (χ1) is 11.1. The van der Waals surface area contributed by atoms with Crippen LogP contribution in [0.1, 0.15) is 10.4 Å². The number of amides is 1. The number of nitrogens with zero attached hydrogens (tertiary/aromatic N) is 2. The van der Waals surface area contributed by atoms with Gasteiger partial charge in [-0.2, -0.15) is 0 Å². The molecule has 0 spiro atoms. The highest BCUT2D eigenvalue weighted by Crippen LogP contribution is 2.24. The van der Waals surface area contributed by atoms with Gasteiger partial charge in [0, 0.05) is 30.7 Å². The van der Waals surface area contributed by atoms with E-state index >= 15 is 0 Å². The van der Waals surface area contributed by atoms with E-state index in [1.165, 1.54) is 6.07 Å². The van der Waals surface area contributed by atoms with Crippen molar-refractivity contribution in [1.82, 2.24) is 4.90 Å². The monoisotopic (exact) mass is 396 g/mol. The molecule has 1 heterocycles. The summed E-state index contributed by atoms with van der Waals surface area (Å²) < 4.78 is 14.7. The smallest absolute Gasteiger partial charge is 0.255 e. The maximum atomic E-state index is 13.8. The summed E-state index contributed by atoms with van der Waals surface area (Å²) in [7, 11) is 0. The van der Waals surface area contributed by atoms with Crippen molar-refractivity contribution in [1.29, 1.82) is 0 Å². The lowest BCUT2D eigenvalue weighted by Crippen LogP contribution is -2.49. The van der Waals surface area contributed by atoms with E-state index in [9.17, 15) is 9.18 Å². The first-order valence-electron chi connectivity index (χ1n) is 7.30. The number of hydrogen-bond donors (Lipinski definition) is 0.